The lowest BCUT2D eigenvalue weighted by molar-refractivity contribution is -0.117. The zero-order valence-electron chi connectivity index (χ0n) is 19.7. The van der Waals surface area contributed by atoms with E-state index in [1.807, 2.05) is 43.3 Å². The van der Waals surface area contributed by atoms with E-state index >= 15 is 0 Å². The van der Waals surface area contributed by atoms with E-state index < -0.39 is 0 Å². The van der Waals surface area contributed by atoms with Gasteiger partial charge in [-0.15, -0.1) is 0 Å². The van der Waals surface area contributed by atoms with Crippen LogP contribution in [0.1, 0.15) is 12.0 Å². The average molecular weight is 458 g/mol. The van der Waals surface area contributed by atoms with Crippen molar-refractivity contribution in [3.63, 3.8) is 0 Å². The van der Waals surface area contributed by atoms with Crippen molar-refractivity contribution in [1.29, 1.82) is 0 Å². The molecule has 3 heterocycles. The maximum Gasteiger partial charge on any atom is 0.227 e. The average Bonchev–Trinajstić information content (AvgIpc) is 3.63. The van der Waals surface area contributed by atoms with E-state index in [9.17, 15) is 4.79 Å². The van der Waals surface area contributed by atoms with Crippen molar-refractivity contribution in [1.82, 2.24) is 24.8 Å². The van der Waals surface area contributed by atoms with Crippen LogP contribution in [0.3, 0.4) is 0 Å². The quantitative estimate of drug-likeness (QED) is 0.562. The van der Waals surface area contributed by atoms with Gasteiger partial charge < -0.3 is 20.4 Å². The van der Waals surface area contributed by atoms with E-state index in [4.69, 9.17) is 0 Å². The summed E-state index contributed by atoms with van der Waals surface area (Å²) in [5.74, 6) is 1.19. The third-order valence-electron chi connectivity index (χ3n) is 6.71. The van der Waals surface area contributed by atoms with Gasteiger partial charge in [-0.05, 0) is 62.2 Å². The Labute approximate surface area is 200 Å². The van der Waals surface area contributed by atoms with Gasteiger partial charge in [-0.25, -0.2) is 9.97 Å². The molecule has 1 aliphatic carbocycles. The van der Waals surface area contributed by atoms with Crippen LogP contribution >= 0.6 is 0 Å². The summed E-state index contributed by atoms with van der Waals surface area (Å²) in [4.78, 5) is 30.8. The molecule has 1 aliphatic heterocycles. The van der Waals surface area contributed by atoms with Gasteiger partial charge in [-0.1, -0.05) is 6.07 Å². The van der Waals surface area contributed by atoms with Crippen molar-refractivity contribution < 1.29 is 4.79 Å². The smallest absolute Gasteiger partial charge is 0.227 e. The molecule has 1 aromatic carbocycles. The Balaban J connectivity index is 1.20. The van der Waals surface area contributed by atoms with Crippen molar-refractivity contribution >= 4 is 23.2 Å². The SMILES string of the molecule is Cc1ccc(NC(=O)[C@@H]2C[C@H]2CN2CCN(C)CC2)cc1Nc1nccc(-c2cccnc2)n1. The summed E-state index contributed by atoms with van der Waals surface area (Å²) in [5.41, 5.74) is 4.43. The maximum atomic E-state index is 12.8. The monoisotopic (exact) mass is 457 g/mol. The zero-order valence-corrected chi connectivity index (χ0v) is 19.7. The molecule has 2 aromatic heterocycles. The predicted octanol–water partition coefficient (Wildman–Crippen LogP) is 3.41. The van der Waals surface area contributed by atoms with E-state index in [-0.39, 0.29) is 11.8 Å². The number of hydrogen-bond acceptors (Lipinski definition) is 7. The van der Waals surface area contributed by atoms with Crippen LogP contribution in [-0.2, 0) is 4.79 Å². The zero-order chi connectivity index (χ0) is 23.5. The topological polar surface area (TPSA) is 86.3 Å². The van der Waals surface area contributed by atoms with Crippen LogP contribution in [0.2, 0.25) is 0 Å². The molecule has 8 nitrogen and oxygen atoms in total. The third kappa shape index (κ3) is 5.40. The number of nitrogens with zero attached hydrogens (tertiary/aromatic N) is 5. The largest absolute Gasteiger partial charge is 0.326 e. The minimum absolute atomic E-state index is 0.108. The number of nitrogens with one attached hydrogen (secondary N) is 2. The number of piperazine rings is 1. The van der Waals surface area contributed by atoms with Crippen molar-refractivity contribution in [3.05, 3.63) is 60.6 Å². The highest BCUT2D eigenvalue weighted by atomic mass is 16.2. The molecule has 0 radical (unpaired) electrons. The molecule has 2 atom stereocenters. The van der Waals surface area contributed by atoms with Crippen LogP contribution in [0.15, 0.2) is 55.0 Å². The van der Waals surface area contributed by atoms with E-state index in [2.05, 4.69) is 42.4 Å². The molecule has 176 valence electrons. The van der Waals surface area contributed by atoms with Gasteiger partial charge >= 0.3 is 0 Å². The van der Waals surface area contributed by atoms with Crippen molar-refractivity contribution in [2.24, 2.45) is 11.8 Å². The number of carbonyl (C=O) groups excluding carboxylic acids is 1. The summed E-state index contributed by atoms with van der Waals surface area (Å²) in [7, 11) is 2.17. The summed E-state index contributed by atoms with van der Waals surface area (Å²) < 4.78 is 0. The molecule has 1 saturated carbocycles. The fourth-order valence-corrected chi connectivity index (χ4v) is 4.42. The number of aromatic nitrogens is 3. The summed E-state index contributed by atoms with van der Waals surface area (Å²) in [6.07, 6.45) is 6.22. The Bertz CT molecular complexity index is 1140. The number of aryl methyl sites for hydroxylation is 1. The second kappa shape index (κ2) is 9.87. The number of anilines is 3. The normalized spacial score (nSPS) is 20.6. The fourth-order valence-electron chi connectivity index (χ4n) is 4.42. The molecule has 3 aromatic rings. The molecule has 0 unspecified atom stereocenters. The lowest BCUT2D eigenvalue weighted by Gasteiger charge is -2.32. The van der Waals surface area contributed by atoms with E-state index in [0.717, 1.165) is 67.3 Å². The first-order valence-corrected chi connectivity index (χ1v) is 11.9. The summed E-state index contributed by atoms with van der Waals surface area (Å²) in [6.45, 7) is 7.45. The van der Waals surface area contributed by atoms with Crippen LogP contribution in [-0.4, -0.2) is 70.4 Å². The second-order valence-electron chi connectivity index (χ2n) is 9.36. The van der Waals surface area contributed by atoms with Gasteiger partial charge in [0.2, 0.25) is 11.9 Å². The molecule has 0 bridgehead atoms. The molecule has 5 rings (SSSR count). The molecule has 2 aliphatic rings. The highest BCUT2D eigenvalue weighted by Gasteiger charge is 2.43. The molecule has 0 spiro atoms. The van der Waals surface area contributed by atoms with Crippen LogP contribution in [0, 0.1) is 18.8 Å². The van der Waals surface area contributed by atoms with Crippen molar-refractivity contribution in [3.8, 4) is 11.3 Å². The lowest BCUT2D eigenvalue weighted by Crippen LogP contribution is -2.45. The first kappa shape index (κ1) is 22.4. The van der Waals surface area contributed by atoms with E-state index in [1.54, 1.807) is 18.6 Å². The van der Waals surface area contributed by atoms with Gasteiger partial charge in [0, 0.05) is 74.2 Å². The Kier molecular flexibility index (Phi) is 6.51. The van der Waals surface area contributed by atoms with Gasteiger partial charge in [0.25, 0.3) is 0 Å². The number of carbonyl (C=O) groups is 1. The minimum Gasteiger partial charge on any atom is -0.326 e. The lowest BCUT2D eigenvalue weighted by atomic mass is 10.1. The minimum atomic E-state index is 0.108. The van der Waals surface area contributed by atoms with Gasteiger partial charge in [-0.3, -0.25) is 9.78 Å². The molecular formula is C26H31N7O. The summed E-state index contributed by atoms with van der Waals surface area (Å²) in [5, 5.41) is 6.42. The first-order chi connectivity index (χ1) is 16.5. The van der Waals surface area contributed by atoms with Gasteiger partial charge in [0.15, 0.2) is 0 Å². The molecule has 2 fully saturated rings. The second-order valence-corrected chi connectivity index (χ2v) is 9.36. The maximum absolute atomic E-state index is 12.8. The third-order valence-corrected chi connectivity index (χ3v) is 6.71. The summed E-state index contributed by atoms with van der Waals surface area (Å²) >= 11 is 0. The van der Waals surface area contributed by atoms with Crippen LogP contribution in [0.25, 0.3) is 11.3 Å². The standard InChI is InChI=1S/C26H31N7O/c1-18-5-6-21(29-25(34)22-14-20(22)17-33-12-10-32(2)11-13-33)15-24(18)31-26-28-9-7-23(30-26)19-4-3-8-27-16-19/h3-9,15-16,20,22H,10-14,17H2,1-2H3,(H,29,34)(H,28,30,31)/t20-,22+/m0/s1. The van der Waals surface area contributed by atoms with Gasteiger partial charge in [0.1, 0.15) is 0 Å². The molecular weight excluding hydrogens is 426 g/mol. The molecule has 1 amide bonds. The Morgan fingerprint density at radius 2 is 1.97 bits per heavy atom. The Hall–Kier alpha value is -3.36. The van der Waals surface area contributed by atoms with Gasteiger partial charge in [-0.2, -0.15) is 0 Å². The first-order valence-electron chi connectivity index (χ1n) is 11.9. The van der Waals surface area contributed by atoms with Crippen LogP contribution in [0.4, 0.5) is 17.3 Å². The molecule has 2 N–H and O–H groups in total. The summed E-state index contributed by atoms with van der Waals surface area (Å²) in [6, 6.07) is 11.6. The number of likely N-dealkylation sites (N-methyl/N-ethyl adjacent to an activating group) is 1. The van der Waals surface area contributed by atoms with Crippen molar-refractivity contribution in [2.45, 2.75) is 13.3 Å². The Morgan fingerprint density at radius 1 is 1.12 bits per heavy atom. The predicted molar refractivity (Wildman–Crippen MR) is 134 cm³/mol. The Morgan fingerprint density at radius 3 is 2.76 bits per heavy atom. The van der Waals surface area contributed by atoms with Gasteiger partial charge in [0.05, 0.1) is 5.69 Å². The number of pyridine rings is 1. The number of rotatable bonds is 7. The number of amides is 1. The van der Waals surface area contributed by atoms with Crippen LogP contribution < -0.4 is 10.6 Å². The number of benzene rings is 1. The molecule has 1 saturated heterocycles. The van der Waals surface area contributed by atoms with Crippen molar-refractivity contribution in [2.75, 3.05) is 50.4 Å². The fraction of sp³-hybridized carbons (Fsp3) is 0.385. The highest BCUT2D eigenvalue weighted by molar-refractivity contribution is 5.95. The molecule has 8 heteroatoms. The number of hydrogen-bond donors (Lipinski definition) is 2. The van der Waals surface area contributed by atoms with Crippen LogP contribution in [0.5, 0.6) is 0 Å². The molecule has 34 heavy (non-hydrogen) atoms. The highest BCUT2D eigenvalue weighted by Crippen LogP contribution is 2.40. The van der Waals surface area contributed by atoms with E-state index in [0.29, 0.717) is 11.9 Å². The van der Waals surface area contributed by atoms with E-state index in [1.165, 1.54) is 0 Å².